The molecule has 0 heterocycles. The zero-order valence-corrected chi connectivity index (χ0v) is 13.5. The number of carbonyl (C=O) groups is 2. The van der Waals surface area contributed by atoms with Gasteiger partial charge in [-0.1, -0.05) is 36.4 Å². The van der Waals surface area contributed by atoms with Gasteiger partial charge in [0.1, 0.15) is 0 Å². The maximum absolute atomic E-state index is 12.0. The number of nitrogens with zero attached hydrogens (tertiary/aromatic N) is 1. The molecule has 0 bridgehead atoms. The Balaban J connectivity index is 2.68. The zero-order chi connectivity index (χ0) is 17.4. The third-order valence-corrected chi connectivity index (χ3v) is 3.48. The molecule has 6 nitrogen and oxygen atoms in total. The molecule has 1 rings (SSSR count). The zero-order valence-electron chi connectivity index (χ0n) is 13.5. The summed E-state index contributed by atoms with van der Waals surface area (Å²) in [6.07, 6.45) is 1.42. The lowest BCUT2D eigenvalue weighted by Gasteiger charge is -2.22. The third kappa shape index (κ3) is 6.26. The topological polar surface area (TPSA) is 89.9 Å². The molecule has 1 aromatic rings. The van der Waals surface area contributed by atoms with E-state index in [0.717, 1.165) is 17.2 Å². The smallest absolute Gasteiger partial charge is 0.426 e. The summed E-state index contributed by atoms with van der Waals surface area (Å²) in [5.74, 6) is -1.64. The van der Waals surface area contributed by atoms with Gasteiger partial charge in [0.15, 0.2) is 0 Å². The summed E-state index contributed by atoms with van der Waals surface area (Å²) in [6.45, 7) is 7.30. The van der Waals surface area contributed by atoms with Crippen LogP contribution in [0.1, 0.15) is 18.1 Å². The van der Waals surface area contributed by atoms with Crippen LogP contribution in [0.25, 0.3) is 0 Å². The number of likely N-dealkylation sites (N-methyl/N-ethyl adjacent to an activating group) is 1. The summed E-state index contributed by atoms with van der Waals surface area (Å²) in [5.41, 5.74) is 1.98. The monoisotopic (exact) mass is 318 g/mol. The van der Waals surface area contributed by atoms with Gasteiger partial charge in [-0.25, -0.2) is 0 Å². The van der Waals surface area contributed by atoms with Crippen LogP contribution in [0.3, 0.4) is 0 Å². The molecule has 7 heteroatoms. The number of amides is 2. The van der Waals surface area contributed by atoms with E-state index < -0.39 is 19.0 Å². The molecule has 0 aliphatic rings. The molecule has 2 amide bonds. The Bertz CT molecular complexity index is 546. The lowest BCUT2D eigenvalue weighted by atomic mass is 9.76. The summed E-state index contributed by atoms with van der Waals surface area (Å²) in [4.78, 5) is 24.9. The average Bonchev–Trinajstić information content (AvgIpc) is 2.53. The van der Waals surface area contributed by atoms with Crippen LogP contribution in [-0.4, -0.2) is 52.9 Å². The number of hydrogen-bond acceptors (Lipinski definition) is 4. The molecule has 124 valence electrons. The molecule has 0 spiro atoms. The molecular formula is C16H23BN2O4. The van der Waals surface area contributed by atoms with E-state index in [1.165, 1.54) is 4.90 Å². The van der Waals surface area contributed by atoms with Crippen molar-refractivity contribution in [2.45, 2.75) is 26.2 Å². The Morgan fingerprint density at radius 3 is 2.43 bits per heavy atom. The van der Waals surface area contributed by atoms with Gasteiger partial charge in [0.2, 0.25) is 11.8 Å². The molecule has 0 fully saturated rings. The molecule has 0 saturated carbocycles. The van der Waals surface area contributed by atoms with Crippen molar-refractivity contribution in [3.05, 3.63) is 48.0 Å². The van der Waals surface area contributed by atoms with Crippen LogP contribution in [0.5, 0.6) is 0 Å². The molecular weight excluding hydrogens is 295 g/mol. The number of aryl methyl sites for hydroxylation is 1. The first-order valence-electron chi connectivity index (χ1n) is 7.49. The SMILES string of the molecule is C=CC(=O)N(CC)CC(=O)N[C@@H](Cc1ccc(C)cc1)B(O)O. The van der Waals surface area contributed by atoms with Gasteiger partial charge in [-0.3, -0.25) is 9.59 Å². The Morgan fingerprint density at radius 2 is 1.96 bits per heavy atom. The van der Waals surface area contributed by atoms with Gasteiger partial charge in [-0.05, 0) is 31.9 Å². The van der Waals surface area contributed by atoms with E-state index >= 15 is 0 Å². The van der Waals surface area contributed by atoms with Gasteiger partial charge in [0.05, 0.1) is 12.5 Å². The highest BCUT2D eigenvalue weighted by Gasteiger charge is 2.26. The van der Waals surface area contributed by atoms with Crippen molar-refractivity contribution in [1.29, 1.82) is 0 Å². The van der Waals surface area contributed by atoms with Crippen LogP contribution >= 0.6 is 0 Å². The highest BCUT2D eigenvalue weighted by molar-refractivity contribution is 6.43. The molecule has 1 aromatic carbocycles. The molecule has 3 N–H and O–H groups in total. The van der Waals surface area contributed by atoms with Crippen LogP contribution in [0.2, 0.25) is 0 Å². The molecule has 0 aliphatic heterocycles. The quantitative estimate of drug-likeness (QED) is 0.467. The van der Waals surface area contributed by atoms with Crippen LogP contribution < -0.4 is 5.32 Å². The maximum atomic E-state index is 12.0. The van der Waals surface area contributed by atoms with E-state index in [1.54, 1.807) is 6.92 Å². The van der Waals surface area contributed by atoms with Crippen LogP contribution in [-0.2, 0) is 16.0 Å². The minimum Gasteiger partial charge on any atom is -0.426 e. The summed E-state index contributed by atoms with van der Waals surface area (Å²) >= 11 is 0. The van der Waals surface area contributed by atoms with Crippen molar-refractivity contribution >= 4 is 18.9 Å². The third-order valence-electron chi connectivity index (χ3n) is 3.48. The Kier molecular flexibility index (Phi) is 7.51. The van der Waals surface area contributed by atoms with Gasteiger partial charge < -0.3 is 20.3 Å². The van der Waals surface area contributed by atoms with Crippen molar-refractivity contribution in [2.75, 3.05) is 13.1 Å². The molecule has 0 aromatic heterocycles. The van der Waals surface area contributed by atoms with Crippen molar-refractivity contribution in [3.63, 3.8) is 0 Å². The number of nitrogens with one attached hydrogen (secondary N) is 1. The second-order valence-corrected chi connectivity index (χ2v) is 5.33. The van der Waals surface area contributed by atoms with Crippen molar-refractivity contribution in [2.24, 2.45) is 0 Å². The number of benzene rings is 1. The standard InChI is InChI=1S/C16H23BN2O4/c1-4-16(21)19(5-2)11-15(20)18-14(17(22)23)10-13-8-6-12(3)7-9-13/h4,6-9,14,22-23H,1,5,10-11H2,2-3H3,(H,18,20)/t14-/m0/s1. The molecule has 1 atom stereocenters. The number of carbonyl (C=O) groups excluding carboxylic acids is 2. The fourth-order valence-corrected chi connectivity index (χ4v) is 2.11. The normalized spacial score (nSPS) is 11.5. The van der Waals surface area contributed by atoms with E-state index in [9.17, 15) is 19.6 Å². The summed E-state index contributed by atoms with van der Waals surface area (Å²) < 4.78 is 0. The first-order chi connectivity index (χ1) is 10.9. The van der Waals surface area contributed by atoms with Crippen LogP contribution in [0.15, 0.2) is 36.9 Å². The van der Waals surface area contributed by atoms with Crippen molar-refractivity contribution in [3.8, 4) is 0 Å². The highest BCUT2D eigenvalue weighted by Crippen LogP contribution is 2.07. The van der Waals surface area contributed by atoms with Crippen molar-refractivity contribution < 1.29 is 19.6 Å². The lowest BCUT2D eigenvalue weighted by molar-refractivity contribution is -0.132. The van der Waals surface area contributed by atoms with Gasteiger partial charge in [0, 0.05) is 6.54 Å². The minimum atomic E-state index is -1.69. The van der Waals surface area contributed by atoms with Gasteiger partial charge >= 0.3 is 7.12 Å². The Hall–Kier alpha value is -2.12. The molecule has 0 unspecified atom stereocenters. The minimum absolute atomic E-state index is 0.154. The second kappa shape index (κ2) is 9.12. The first-order valence-corrected chi connectivity index (χ1v) is 7.49. The Labute approximate surface area is 137 Å². The Morgan fingerprint density at radius 1 is 1.35 bits per heavy atom. The van der Waals surface area contributed by atoms with E-state index in [2.05, 4.69) is 11.9 Å². The molecule has 0 radical (unpaired) electrons. The fourth-order valence-electron chi connectivity index (χ4n) is 2.11. The number of hydrogen-bond donors (Lipinski definition) is 3. The average molecular weight is 318 g/mol. The molecule has 0 aliphatic carbocycles. The molecule has 0 saturated heterocycles. The fraction of sp³-hybridized carbons (Fsp3) is 0.375. The lowest BCUT2D eigenvalue weighted by Crippen LogP contribution is -2.51. The summed E-state index contributed by atoms with van der Waals surface area (Å²) in [5, 5.41) is 21.5. The maximum Gasteiger partial charge on any atom is 0.475 e. The first kappa shape index (κ1) is 18.9. The summed E-state index contributed by atoms with van der Waals surface area (Å²) in [7, 11) is -1.69. The van der Waals surface area contributed by atoms with E-state index in [0.29, 0.717) is 6.54 Å². The number of rotatable bonds is 8. The second-order valence-electron chi connectivity index (χ2n) is 5.33. The highest BCUT2D eigenvalue weighted by atomic mass is 16.4. The van der Waals surface area contributed by atoms with E-state index in [-0.39, 0.29) is 18.9 Å². The van der Waals surface area contributed by atoms with Gasteiger partial charge in [-0.2, -0.15) is 0 Å². The van der Waals surface area contributed by atoms with Crippen LogP contribution in [0.4, 0.5) is 0 Å². The largest absolute Gasteiger partial charge is 0.475 e. The predicted octanol–water partition coefficient (Wildman–Crippen LogP) is 0.0688. The van der Waals surface area contributed by atoms with Gasteiger partial charge in [-0.15, -0.1) is 0 Å². The van der Waals surface area contributed by atoms with E-state index in [1.807, 2.05) is 31.2 Å². The van der Waals surface area contributed by atoms with Crippen molar-refractivity contribution in [1.82, 2.24) is 10.2 Å². The molecule has 23 heavy (non-hydrogen) atoms. The predicted molar refractivity (Wildman–Crippen MR) is 89.5 cm³/mol. The summed E-state index contributed by atoms with van der Waals surface area (Å²) in [6, 6.07) is 7.58. The van der Waals surface area contributed by atoms with Gasteiger partial charge in [0.25, 0.3) is 0 Å². The van der Waals surface area contributed by atoms with E-state index in [4.69, 9.17) is 0 Å². The van der Waals surface area contributed by atoms with Crippen LogP contribution in [0, 0.1) is 6.92 Å².